The molecular formula is C76H126BaO6S2. The molecule has 0 amide bonds. The third-order valence-electron chi connectivity index (χ3n) is 18.0. The van der Waals surface area contributed by atoms with Crippen LogP contribution < -0.4 is 0 Å². The molecule has 0 N–H and O–H groups in total. The first-order chi connectivity index (χ1) is 40.9. The Hall–Kier alpha value is -1.21. The van der Waals surface area contributed by atoms with Crippen LogP contribution in [0.3, 0.4) is 0 Å². The van der Waals surface area contributed by atoms with E-state index in [2.05, 4.69) is 39.8 Å². The van der Waals surface area contributed by atoms with Crippen LogP contribution >= 0.6 is 0 Å². The van der Waals surface area contributed by atoms with Gasteiger partial charge in [0.25, 0.3) is 0 Å². The van der Waals surface area contributed by atoms with Gasteiger partial charge in [-0.3, -0.25) is 0 Å². The standard InChI is InChI=1S/2C38H64O3S.Ba/c2*1-3-5-7-9-11-13-15-17-19-21-23-25-28-34-30-27-31-36-33-37(42(39,40)41)32-35(38(34)36)29-26-24-22-20-18-16-14-12-10-8-6-4-2;/h2*27,30-33H,3-26,28-29H2,1-2H3,(H,39,40,41);/q;;+2/p-2. The zero-order valence-corrected chi connectivity index (χ0v) is 61.6. The van der Waals surface area contributed by atoms with Gasteiger partial charge in [0.1, 0.15) is 20.2 Å². The van der Waals surface area contributed by atoms with E-state index in [1.165, 1.54) is 292 Å². The van der Waals surface area contributed by atoms with Crippen LogP contribution in [0.4, 0.5) is 0 Å². The summed E-state index contributed by atoms with van der Waals surface area (Å²) in [6, 6.07) is 18.9. The van der Waals surface area contributed by atoms with Crippen molar-refractivity contribution in [1.29, 1.82) is 0 Å². The minimum Gasteiger partial charge on any atom is -0.744 e. The van der Waals surface area contributed by atoms with E-state index < -0.39 is 20.2 Å². The van der Waals surface area contributed by atoms with Gasteiger partial charge in [0, 0.05) is 0 Å². The van der Waals surface area contributed by atoms with E-state index in [0.717, 1.165) is 86.1 Å². The number of hydrogen-bond donors (Lipinski definition) is 0. The number of unbranched alkanes of at least 4 members (excludes halogenated alkanes) is 44. The van der Waals surface area contributed by atoms with Crippen molar-refractivity contribution in [3.63, 3.8) is 0 Å². The Morgan fingerprint density at radius 2 is 0.447 bits per heavy atom. The Bertz CT molecular complexity index is 2300. The summed E-state index contributed by atoms with van der Waals surface area (Å²) in [5.74, 6) is 0. The molecule has 0 spiro atoms. The van der Waals surface area contributed by atoms with Gasteiger partial charge in [0.2, 0.25) is 0 Å². The summed E-state index contributed by atoms with van der Waals surface area (Å²) in [5, 5.41) is 4.18. The number of rotatable bonds is 54. The Labute approximate surface area is 565 Å². The Morgan fingerprint density at radius 3 is 0.647 bits per heavy atom. The predicted molar refractivity (Wildman–Crippen MR) is 369 cm³/mol. The third kappa shape index (κ3) is 38.3. The van der Waals surface area contributed by atoms with Gasteiger partial charge >= 0.3 is 48.9 Å². The molecular weight excluding hydrogens is 1210 g/mol. The first-order valence-electron chi connectivity index (χ1n) is 35.9. The summed E-state index contributed by atoms with van der Waals surface area (Å²) in [7, 11) is -8.95. The molecule has 4 rings (SSSR count). The molecule has 0 unspecified atom stereocenters. The van der Waals surface area contributed by atoms with Crippen molar-refractivity contribution in [3.05, 3.63) is 82.9 Å². The van der Waals surface area contributed by atoms with Gasteiger partial charge < -0.3 is 9.11 Å². The smallest absolute Gasteiger partial charge is 0.744 e. The number of benzene rings is 4. The summed E-state index contributed by atoms with van der Waals surface area (Å²) >= 11 is 0. The van der Waals surface area contributed by atoms with Crippen LogP contribution in [0.25, 0.3) is 21.5 Å². The Balaban J connectivity index is 0.000000573. The first kappa shape index (κ1) is 79.9. The van der Waals surface area contributed by atoms with Gasteiger partial charge in [-0.05, 0) is 119 Å². The maximum atomic E-state index is 11.9. The average Bonchev–Trinajstić information content (AvgIpc) is 1.74. The molecule has 0 bridgehead atoms. The molecule has 0 fully saturated rings. The maximum Gasteiger partial charge on any atom is 2.00 e. The number of fused-ring (bicyclic) bond motifs is 2. The van der Waals surface area contributed by atoms with Crippen molar-refractivity contribution >= 4 is 90.7 Å². The van der Waals surface area contributed by atoms with Gasteiger partial charge in [0.05, 0.1) is 9.79 Å². The van der Waals surface area contributed by atoms with Crippen LogP contribution in [0.15, 0.2) is 70.5 Å². The van der Waals surface area contributed by atoms with Gasteiger partial charge in [-0.25, -0.2) is 16.8 Å². The third-order valence-corrected chi connectivity index (χ3v) is 19.6. The summed E-state index contributed by atoms with van der Waals surface area (Å²) in [6.07, 6.45) is 67.1. The van der Waals surface area contributed by atoms with Crippen molar-refractivity contribution in [2.24, 2.45) is 0 Å². The van der Waals surface area contributed by atoms with Gasteiger partial charge in [-0.2, -0.15) is 0 Å². The fourth-order valence-electron chi connectivity index (χ4n) is 12.9. The molecule has 0 radical (unpaired) electrons. The van der Waals surface area contributed by atoms with Crippen LogP contribution in [-0.2, 0) is 45.9 Å². The van der Waals surface area contributed by atoms with E-state index in [4.69, 9.17) is 0 Å². The summed E-state index contributed by atoms with van der Waals surface area (Å²) in [5.41, 5.74) is 4.71. The van der Waals surface area contributed by atoms with Crippen molar-refractivity contribution < 1.29 is 25.9 Å². The monoisotopic (exact) mass is 1340 g/mol. The zero-order valence-electron chi connectivity index (χ0n) is 55.5. The topological polar surface area (TPSA) is 114 Å². The van der Waals surface area contributed by atoms with E-state index in [0.29, 0.717) is 0 Å². The minimum atomic E-state index is -4.48. The maximum absolute atomic E-state index is 11.9. The van der Waals surface area contributed by atoms with E-state index in [1.807, 2.05) is 24.3 Å². The van der Waals surface area contributed by atoms with E-state index >= 15 is 0 Å². The fourth-order valence-corrected chi connectivity index (χ4v) is 14.0. The predicted octanol–water partition coefficient (Wildman–Crippen LogP) is 24.1. The minimum absolute atomic E-state index is 0. The number of aryl methyl sites for hydroxylation is 4. The molecule has 0 saturated carbocycles. The Kier molecular flexibility index (Phi) is 49.3. The molecule has 4 aromatic rings. The molecule has 4 aromatic carbocycles. The van der Waals surface area contributed by atoms with Gasteiger partial charge in [0.15, 0.2) is 0 Å². The molecule has 0 saturated heterocycles. The summed E-state index contributed by atoms with van der Waals surface area (Å²) in [6.45, 7) is 9.09. The second-order valence-corrected chi connectivity index (χ2v) is 28.4. The first-order valence-corrected chi connectivity index (χ1v) is 38.8. The molecule has 0 aromatic heterocycles. The zero-order chi connectivity index (χ0) is 60.6. The SMILES string of the molecule is CCCCCCCCCCCCCCc1cccc2cc(S(=O)(=O)[O-])cc(CCCCCCCCCCCCCC)c12.CCCCCCCCCCCCCCc1cccc2cc(S(=O)(=O)[O-])cc(CCCCCCCCCCCCCC)c12.[Ba+2]. The number of hydrogen-bond acceptors (Lipinski definition) is 6. The Morgan fingerprint density at radius 1 is 0.259 bits per heavy atom. The van der Waals surface area contributed by atoms with E-state index in [-0.39, 0.29) is 58.7 Å². The quantitative estimate of drug-likeness (QED) is 0.0247. The second kappa shape index (κ2) is 52.4. The summed E-state index contributed by atoms with van der Waals surface area (Å²) in [4.78, 5) is -0.155. The van der Waals surface area contributed by atoms with Crippen LogP contribution in [0.1, 0.15) is 358 Å². The van der Waals surface area contributed by atoms with Crippen LogP contribution in [-0.4, -0.2) is 74.8 Å². The molecule has 0 heterocycles. The normalized spacial score (nSPS) is 11.8. The summed E-state index contributed by atoms with van der Waals surface area (Å²) < 4.78 is 71.6. The second-order valence-electron chi connectivity index (χ2n) is 25.7. The molecule has 480 valence electrons. The molecule has 9 heteroatoms. The van der Waals surface area contributed by atoms with Crippen molar-refractivity contribution in [3.8, 4) is 0 Å². The van der Waals surface area contributed by atoms with Crippen LogP contribution in [0, 0.1) is 0 Å². The van der Waals surface area contributed by atoms with Crippen LogP contribution in [0.5, 0.6) is 0 Å². The molecule has 0 aliphatic carbocycles. The van der Waals surface area contributed by atoms with Crippen LogP contribution in [0.2, 0.25) is 0 Å². The fraction of sp³-hybridized carbons (Fsp3) is 0.737. The van der Waals surface area contributed by atoms with Crippen molar-refractivity contribution in [2.75, 3.05) is 0 Å². The van der Waals surface area contributed by atoms with Gasteiger partial charge in [-0.15, -0.1) is 0 Å². The molecule has 6 nitrogen and oxygen atoms in total. The van der Waals surface area contributed by atoms with E-state index in [9.17, 15) is 25.9 Å². The molecule has 0 aliphatic rings. The molecule has 0 aliphatic heterocycles. The van der Waals surface area contributed by atoms with Crippen molar-refractivity contribution in [1.82, 2.24) is 0 Å². The van der Waals surface area contributed by atoms with Gasteiger partial charge in [-0.1, -0.05) is 347 Å². The molecule has 85 heavy (non-hydrogen) atoms. The van der Waals surface area contributed by atoms with Crippen molar-refractivity contribution in [2.45, 2.75) is 371 Å². The van der Waals surface area contributed by atoms with E-state index in [1.54, 1.807) is 24.3 Å². The average molecular weight is 1340 g/mol. The molecule has 0 atom stereocenters. The largest absolute Gasteiger partial charge is 2.00 e.